The van der Waals surface area contributed by atoms with Crippen LogP contribution >= 0.6 is 11.6 Å². The third kappa shape index (κ3) is 3.95. The van der Waals surface area contributed by atoms with E-state index in [9.17, 15) is 9.90 Å². The zero-order chi connectivity index (χ0) is 21.4. The monoisotopic (exact) mass is 439 g/mol. The van der Waals surface area contributed by atoms with E-state index in [-0.39, 0.29) is 25.1 Å². The number of hydrogen-bond donors (Lipinski definition) is 1. The van der Waals surface area contributed by atoms with Gasteiger partial charge in [-0.2, -0.15) is 0 Å². The third-order valence-electron chi connectivity index (χ3n) is 5.98. The van der Waals surface area contributed by atoms with Crippen LogP contribution < -0.4 is 4.74 Å². The second-order valence-corrected chi connectivity index (χ2v) is 8.44. The van der Waals surface area contributed by atoms with Crippen LogP contribution in [0.15, 0.2) is 42.7 Å². The molecule has 2 aliphatic rings. The van der Waals surface area contributed by atoms with Crippen LogP contribution in [-0.4, -0.2) is 42.0 Å². The first-order valence-corrected chi connectivity index (χ1v) is 10.7. The van der Waals surface area contributed by atoms with Gasteiger partial charge >= 0.3 is 6.09 Å². The van der Waals surface area contributed by atoms with Gasteiger partial charge in [-0.25, -0.2) is 4.79 Å². The smallest absolute Gasteiger partial charge is 0.408 e. The van der Waals surface area contributed by atoms with E-state index in [1.165, 1.54) is 4.90 Å². The summed E-state index contributed by atoms with van der Waals surface area (Å²) in [6, 6.07) is 9.37. The van der Waals surface area contributed by atoms with Gasteiger partial charge in [-0.15, -0.1) is 10.2 Å². The van der Waals surface area contributed by atoms with Gasteiger partial charge < -0.3 is 9.84 Å². The summed E-state index contributed by atoms with van der Waals surface area (Å²) < 4.78 is 8.10. The summed E-state index contributed by atoms with van der Waals surface area (Å²) >= 11 is 6.20. The van der Waals surface area contributed by atoms with Gasteiger partial charge in [0.2, 0.25) is 0 Å². The molecule has 1 aromatic carbocycles. The fraction of sp³-hybridized carbons (Fsp3) is 0.364. The van der Waals surface area contributed by atoms with E-state index >= 15 is 0 Å². The average molecular weight is 440 g/mol. The maximum Gasteiger partial charge on any atom is 0.408 e. The molecule has 1 saturated carbocycles. The number of fused-ring (bicyclic) bond motifs is 3. The number of pyridine rings is 1. The van der Waals surface area contributed by atoms with Crippen molar-refractivity contribution in [2.45, 2.75) is 50.8 Å². The van der Waals surface area contributed by atoms with Crippen molar-refractivity contribution < 1.29 is 14.6 Å². The topological polar surface area (TPSA) is 93.4 Å². The summed E-state index contributed by atoms with van der Waals surface area (Å²) in [6.07, 6.45) is 6.31. The van der Waals surface area contributed by atoms with E-state index in [4.69, 9.17) is 16.3 Å². The molecule has 0 atom stereocenters. The number of halogens is 1. The van der Waals surface area contributed by atoms with Gasteiger partial charge in [0, 0.05) is 17.1 Å². The summed E-state index contributed by atoms with van der Waals surface area (Å²) in [6.45, 7) is 0.452. The van der Waals surface area contributed by atoms with Gasteiger partial charge in [-0.3, -0.25) is 14.5 Å². The highest BCUT2D eigenvalue weighted by Crippen LogP contribution is 2.37. The Kier molecular flexibility index (Phi) is 5.23. The number of amides is 1. The van der Waals surface area contributed by atoms with Crippen LogP contribution in [-0.2, 0) is 13.1 Å². The summed E-state index contributed by atoms with van der Waals surface area (Å²) in [5.74, 6) is 2.54. The van der Waals surface area contributed by atoms with Crippen molar-refractivity contribution in [1.82, 2.24) is 24.6 Å². The molecule has 0 saturated heterocycles. The Balaban J connectivity index is 1.41. The molecule has 1 amide bonds. The lowest BCUT2D eigenvalue weighted by Crippen LogP contribution is -2.28. The molecule has 2 aromatic heterocycles. The van der Waals surface area contributed by atoms with Crippen LogP contribution in [0.3, 0.4) is 0 Å². The van der Waals surface area contributed by atoms with Crippen molar-refractivity contribution in [3.63, 3.8) is 0 Å². The highest BCUT2D eigenvalue weighted by molar-refractivity contribution is 6.30. The molecule has 0 radical (unpaired) electrons. The Morgan fingerprint density at radius 2 is 1.97 bits per heavy atom. The molecule has 31 heavy (non-hydrogen) atoms. The Morgan fingerprint density at radius 3 is 2.71 bits per heavy atom. The molecular weight excluding hydrogens is 418 g/mol. The van der Waals surface area contributed by atoms with Crippen LogP contribution in [0.25, 0.3) is 5.69 Å². The maximum atomic E-state index is 11.7. The van der Waals surface area contributed by atoms with E-state index in [2.05, 4.69) is 15.2 Å². The van der Waals surface area contributed by atoms with Crippen molar-refractivity contribution >= 4 is 17.7 Å². The Morgan fingerprint density at radius 1 is 1.13 bits per heavy atom. The standard InChI is InChI=1S/C22H22ClN5O3/c23-16-5-8-19-15(10-16)12-27(22(29)30)13-20-25-26-21(28(19)20)14-3-6-17(7-4-14)31-18-2-1-9-24-11-18/h1-2,5,8-11,14,17H,3-4,6-7,12-13H2,(H,29,30)/t14-,17-. The first-order valence-electron chi connectivity index (χ1n) is 10.4. The molecule has 8 nitrogen and oxygen atoms in total. The quantitative estimate of drug-likeness (QED) is 0.649. The van der Waals surface area contributed by atoms with Crippen molar-refractivity contribution in [3.05, 3.63) is 65.0 Å². The van der Waals surface area contributed by atoms with Crippen molar-refractivity contribution in [2.75, 3.05) is 0 Å². The molecule has 5 rings (SSSR count). The van der Waals surface area contributed by atoms with Gasteiger partial charge in [0.05, 0.1) is 31.1 Å². The molecule has 1 aliphatic carbocycles. The van der Waals surface area contributed by atoms with Crippen LogP contribution in [0.5, 0.6) is 5.75 Å². The molecule has 9 heteroatoms. The fourth-order valence-corrected chi connectivity index (χ4v) is 4.67. The SMILES string of the molecule is O=C(O)N1Cc2cc(Cl)ccc2-n2c(nnc2[C@H]2CC[C@H](Oc3cccnc3)CC2)C1. The second-order valence-electron chi connectivity index (χ2n) is 8.00. The summed E-state index contributed by atoms with van der Waals surface area (Å²) in [7, 11) is 0. The van der Waals surface area contributed by atoms with Gasteiger partial charge in [0.25, 0.3) is 0 Å². The lowest BCUT2D eigenvalue weighted by atomic mass is 9.86. The van der Waals surface area contributed by atoms with Gasteiger partial charge in [0.15, 0.2) is 5.82 Å². The van der Waals surface area contributed by atoms with E-state index < -0.39 is 6.09 Å². The predicted octanol–water partition coefficient (Wildman–Crippen LogP) is 4.41. The third-order valence-corrected chi connectivity index (χ3v) is 6.21. The zero-order valence-corrected chi connectivity index (χ0v) is 17.6. The number of ether oxygens (including phenoxy) is 1. The summed E-state index contributed by atoms with van der Waals surface area (Å²) in [4.78, 5) is 17.2. The summed E-state index contributed by atoms with van der Waals surface area (Å²) in [5.41, 5.74) is 1.75. The first kappa shape index (κ1) is 19.8. The normalized spacial score (nSPS) is 20.5. The Bertz CT molecular complexity index is 1100. The van der Waals surface area contributed by atoms with Crippen molar-refractivity contribution in [2.24, 2.45) is 0 Å². The largest absolute Gasteiger partial charge is 0.489 e. The molecule has 0 bridgehead atoms. The predicted molar refractivity (Wildman–Crippen MR) is 114 cm³/mol. The van der Waals surface area contributed by atoms with Crippen molar-refractivity contribution in [3.8, 4) is 11.4 Å². The number of hydrogen-bond acceptors (Lipinski definition) is 5. The molecule has 3 aromatic rings. The molecule has 0 spiro atoms. The van der Waals surface area contributed by atoms with E-state index in [0.29, 0.717) is 10.8 Å². The number of aromatic nitrogens is 4. The lowest BCUT2D eigenvalue weighted by Gasteiger charge is -2.28. The van der Waals surface area contributed by atoms with Gasteiger partial charge in [0.1, 0.15) is 11.6 Å². The van der Waals surface area contributed by atoms with Gasteiger partial charge in [-0.1, -0.05) is 11.6 Å². The van der Waals surface area contributed by atoms with Crippen LogP contribution in [0.2, 0.25) is 5.02 Å². The minimum Gasteiger partial charge on any atom is -0.489 e. The van der Waals surface area contributed by atoms with Crippen LogP contribution in [0, 0.1) is 0 Å². The van der Waals surface area contributed by atoms with Gasteiger partial charge in [-0.05, 0) is 61.6 Å². The molecule has 1 fully saturated rings. The minimum absolute atomic E-state index is 0.153. The van der Waals surface area contributed by atoms with E-state index in [1.807, 2.05) is 34.9 Å². The lowest BCUT2D eigenvalue weighted by molar-refractivity contribution is 0.138. The number of nitrogens with zero attached hydrogens (tertiary/aromatic N) is 5. The van der Waals surface area contributed by atoms with Crippen molar-refractivity contribution in [1.29, 1.82) is 0 Å². The number of rotatable bonds is 3. The minimum atomic E-state index is -0.989. The molecule has 1 N–H and O–H groups in total. The fourth-order valence-electron chi connectivity index (χ4n) is 4.47. The zero-order valence-electron chi connectivity index (χ0n) is 16.8. The number of benzene rings is 1. The Labute approximate surface area is 184 Å². The highest BCUT2D eigenvalue weighted by Gasteiger charge is 2.32. The molecule has 3 heterocycles. The number of carboxylic acid groups (broad SMARTS) is 1. The molecule has 1 aliphatic heterocycles. The molecule has 0 unspecified atom stereocenters. The van der Waals surface area contributed by atoms with Crippen LogP contribution in [0.1, 0.15) is 48.8 Å². The second kappa shape index (κ2) is 8.19. The molecular formula is C22H22ClN5O3. The van der Waals surface area contributed by atoms with E-state index in [1.54, 1.807) is 12.4 Å². The highest BCUT2D eigenvalue weighted by atomic mass is 35.5. The van der Waals surface area contributed by atoms with Crippen LogP contribution in [0.4, 0.5) is 4.79 Å². The molecule has 160 valence electrons. The summed E-state index contributed by atoms with van der Waals surface area (Å²) in [5, 5.41) is 19.1. The number of carbonyl (C=O) groups is 1. The first-order chi connectivity index (χ1) is 15.1. The maximum absolute atomic E-state index is 11.7. The van der Waals surface area contributed by atoms with E-state index in [0.717, 1.165) is 48.5 Å². The Hall–Kier alpha value is -3.13. The average Bonchev–Trinajstić information content (AvgIpc) is 3.10.